The molecule has 140 valence electrons. The van der Waals surface area contributed by atoms with Gasteiger partial charge in [0.2, 0.25) is 5.91 Å². The van der Waals surface area contributed by atoms with Crippen molar-refractivity contribution in [2.45, 2.75) is 37.1 Å². The number of carbonyl (C=O) groups is 3. The predicted octanol–water partition coefficient (Wildman–Crippen LogP) is 1.48. The fourth-order valence-electron chi connectivity index (χ4n) is 3.28. The first kappa shape index (κ1) is 18.7. The molecule has 6 nitrogen and oxygen atoms in total. The molecule has 2 fully saturated rings. The highest BCUT2D eigenvalue weighted by molar-refractivity contribution is 8.01. The van der Waals surface area contributed by atoms with Gasteiger partial charge in [0.15, 0.2) is 6.61 Å². The van der Waals surface area contributed by atoms with Crippen molar-refractivity contribution in [3.63, 3.8) is 0 Å². The van der Waals surface area contributed by atoms with Gasteiger partial charge >= 0.3 is 5.97 Å². The van der Waals surface area contributed by atoms with Crippen molar-refractivity contribution in [3.05, 3.63) is 35.6 Å². The van der Waals surface area contributed by atoms with E-state index in [9.17, 15) is 18.8 Å². The van der Waals surface area contributed by atoms with E-state index < -0.39 is 17.9 Å². The monoisotopic (exact) mass is 380 g/mol. The number of benzene rings is 1. The number of rotatable bonds is 6. The second kappa shape index (κ2) is 7.65. The number of thioether (sulfide) groups is 1. The van der Waals surface area contributed by atoms with E-state index in [1.807, 2.05) is 6.92 Å². The van der Waals surface area contributed by atoms with Crippen molar-refractivity contribution in [2.24, 2.45) is 0 Å². The van der Waals surface area contributed by atoms with E-state index in [-0.39, 0.29) is 23.2 Å². The van der Waals surface area contributed by atoms with Crippen LogP contribution in [0.15, 0.2) is 24.3 Å². The molecule has 0 aliphatic carbocycles. The smallest absolute Gasteiger partial charge is 0.330 e. The molecule has 2 saturated heterocycles. The number of nitrogens with one attached hydrogen (secondary N) is 1. The van der Waals surface area contributed by atoms with Crippen LogP contribution in [0.5, 0.6) is 0 Å². The summed E-state index contributed by atoms with van der Waals surface area (Å²) < 4.78 is 17.9. The molecule has 0 bridgehead atoms. The second-order valence-electron chi connectivity index (χ2n) is 6.60. The zero-order chi connectivity index (χ0) is 18.7. The van der Waals surface area contributed by atoms with Gasteiger partial charge in [0.05, 0.1) is 4.87 Å². The molecular weight excluding hydrogens is 359 g/mol. The fraction of sp³-hybridized carbons (Fsp3) is 0.500. The van der Waals surface area contributed by atoms with Gasteiger partial charge in [0, 0.05) is 18.7 Å². The van der Waals surface area contributed by atoms with Crippen molar-refractivity contribution in [2.75, 3.05) is 18.9 Å². The molecule has 3 rings (SSSR count). The maximum Gasteiger partial charge on any atom is 0.330 e. The number of amides is 2. The summed E-state index contributed by atoms with van der Waals surface area (Å²) in [6.45, 7) is 1.95. The molecule has 26 heavy (non-hydrogen) atoms. The van der Waals surface area contributed by atoms with E-state index in [0.717, 1.165) is 12.0 Å². The summed E-state index contributed by atoms with van der Waals surface area (Å²) in [7, 11) is 0. The quantitative estimate of drug-likeness (QED) is 0.757. The lowest BCUT2D eigenvalue weighted by Crippen LogP contribution is -2.47. The number of fused-ring (bicyclic) bond motifs is 1. The summed E-state index contributed by atoms with van der Waals surface area (Å²) in [6, 6.07) is 5.43. The summed E-state index contributed by atoms with van der Waals surface area (Å²) in [4.78, 5) is 37.4. The second-order valence-corrected chi connectivity index (χ2v) is 8.10. The van der Waals surface area contributed by atoms with Gasteiger partial charge < -0.3 is 15.0 Å². The fourth-order valence-corrected chi connectivity index (χ4v) is 4.69. The summed E-state index contributed by atoms with van der Waals surface area (Å²) in [5.41, 5.74) is 0.901. The van der Waals surface area contributed by atoms with E-state index in [0.29, 0.717) is 25.1 Å². The molecule has 1 aromatic carbocycles. The molecule has 0 saturated carbocycles. The lowest BCUT2D eigenvalue weighted by atomic mass is 10.1. The number of carbonyl (C=O) groups excluding carboxylic acids is 3. The van der Waals surface area contributed by atoms with Gasteiger partial charge in [-0.25, -0.2) is 9.18 Å². The van der Waals surface area contributed by atoms with Crippen LogP contribution >= 0.6 is 11.8 Å². The minimum atomic E-state index is -0.619. The van der Waals surface area contributed by atoms with E-state index in [1.54, 1.807) is 28.8 Å². The van der Waals surface area contributed by atoms with Gasteiger partial charge in [-0.05, 0) is 37.5 Å². The lowest BCUT2D eigenvalue weighted by Gasteiger charge is -2.29. The average molecular weight is 380 g/mol. The molecule has 0 unspecified atom stereocenters. The summed E-state index contributed by atoms with van der Waals surface area (Å²) >= 11 is 1.58. The lowest BCUT2D eigenvalue weighted by molar-refractivity contribution is -0.156. The Morgan fingerprint density at radius 1 is 1.38 bits per heavy atom. The Hall–Kier alpha value is -2.09. The minimum Gasteiger partial charge on any atom is -0.454 e. The zero-order valence-corrected chi connectivity index (χ0v) is 15.3. The third kappa shape index (κ3) is 4.00. The normalized spacial score (nSPS) is 24.5. The maximum absolute atomic E-state index is 12.8. The summed E-state index contributed by atoms with van der Waals surface area (Å²) in [5, 5.41) is 2.66. The van der Waals surface area contributed by atoms with Gasteiger partial charge in [0.25, 0.3) is 5.91 Å². The van der Waals surface area contributed by atoms with Gasteiger partial charge in [-0.3, -0.25) is 9.59 Å². The molecule has 0 aromatic heterocycles. The predicted molar refractivity (Wildman–Crippen MR) is 94.8 cm³/mol. The maximum atomic E-state index is 12.8. The highest BCUT2D eigenvalue weighted by Crippen LogP contribution is 2.47. The van der Waals surface area contributed by atoms with Gasteiger partial charge in [0.1, 0.15) is 11.9 Å². The van der Waals surface area contributed by atoms with E-state index in [1.165, 1.54) is 12.1 Å². The first-order valence-electron chi connectivity index (χ1n) is 8.53. The van der Waals surface area contributed by atoms with E-state index >= 15 is 0 Å². The highest BCUT2D eigenvalue weighted by atomic mass is 32.2. The Labute approximate surface area is 155 Å². The Morgan fingerprint density at radius 2 is 2.12 bits per heavy atom. The van der Waals surface area contributed by atoms with Crippen molar-refractivity contribution in [1.82, 2.24) is 10.2 Å². The standard InChI is InChI=1S/C18H21FN2O4S/c1-18-8-6-16(23)21(18)14(11-26-18)17(24)25-10-15(22)20-9-7-12-2-4-13(19)5-3-12/h2-5,14H,6-11H2,1H3,(H,20,22)/t14-,18-/m1/s1. The first-order valence-corrected chi connectivity index (χ1v) is 9.51. The van der Waals surface area contributed by atoms with E-state index in [2.05, 4.69) is 5.32 Å². The highest BCUT2D eigenvalue weighted by Gasteiger charge is 2.53. The molecule has 2 amide bonds. The van der Waals surface area contributed by atoms with Crippen molar-refractivity contribution < 1.29 is 23.5 Å². The molecular formula is C18H21FN2O4S. The van der Waals surface area contributed by atoms with Crippen LogP contribution in [0.3, 0.4) is 0 Å². The average Bonchev–Trinajstić information content (AvgIpc) is 3.11. The van der Waals surface area contributed by atoms with Crippen LogP contribution in [0.4, 0.5) is 4.39 Å². The molecule has 2 heterocycles. The van der Waals surface area contributed by atoms with Gasteiger partial charge in [-0.1, -0.05) is 12.1 Å². The van der Waals surface area contributed by atoms with Crippen LogP contribution in [-0.2, 0) is 25.5 Å². The largest absolute Gasteiger partial charge is 0.454 e. The Morgan fingerprint density at radius 3 is 2.85 bits per heavy atom. The van der Waals surface area contributed by atoms with Crippen molar-refractivity contribution >= 4 is 29.5 Å². The minimum absolute atomic E-state index is 0.0387. The van der Waals surface area contributed by atoms with Crippen molar-refractivity contribution in [3.8, 4) is 0 Å². The van der Waals surface area contributed by atoms with Crippen LogP contribution in [-0.4, -0.2) is 52.5 Å². The molecule has 0 radical (unpaired) electrons. The summed E-state index contributed by atoms with van der Waals surface area (Å²) in [5.74, 6) is -0.787. The Balaban J connectivity index is 1.41. The van der Waals surface area contributed by atoms with Crippen LogP contribution < -0.4 is 5.32 Å². The van der Waals surface area contributed by atoms with Crippen LogP contribution in [0, 0.1) is 5.82 Å². The third-order valence-corrected chi connectivity index (χ3v) is 6.22. The molecule has 1 N–H and O–H groups in total. The molecule has 8 heteroatoms. The first-order chi connectivity index (χ1) is 12.4. The van der Waals surface area contributed by atoms with Crippen LogP contribution in [0.25, 0.3) is 0 Å². The molecule has 2 aliphatic heterocycles. The Kier molecular flexibility index (Phi) is 5.50. The number of hydrogen-bond acceptors (Lipinski definition) is 5. The number of hydrogen-bond donors (Lipinski definition) is 1. The van der Waals surface area contributed by atoms with Gasteiger partial charge in [-0.15, -0.1) is 11.8 Å². The topological polar surface area (TPSA) is 75.7 Å². The zero-order valence-electron chi connectivity index (χ0n) is 14.5. The van der Waals surface area contributed by atoms with Crippen LogP contribution in [0.1, 0.15) is 25.3 Å². The molecule has 2 atom stereocenters. The number of nitrogens with zero attached hydrogens (tertiary/aromatic N) is 1. The molecule has 1 aromatic rings. The van der Waals surface area contributed by atoms with Crippen LogP contribution in [0.2, 0.25) is 0 Å². The third-order valence-electron chi connectivity index (χ3n) is 4.71. The number of esters is 1. The number of halogens is 1. The number of ether oxygens (including phenoxy) is 1. The van der Waals surface area contributed by atoms with Crippen molar-refractivity contribution in [1.29, 1.82) is 0 Å². The molecule has 0 spiro atoms. The molecule has 2 aliphatic rings. The van der Waals surface area contributed by atoms with E-state index in [4.69, 9.17) is 4.74 Å². The summed E-state index contributed by atoms with van der Waals surface area (Å²) in [6.07, 6.45) is 1.72. The Bertz CT molecular complexity index is 712. The SMILES string of the molecule is C[C@@]12CCC(=O)N1[C@@H](C(=O)OCC(=O)NCCc1ccc(F)cc1)CS2. The van der Waals surface area contributed by atoms with Gasteiger partial charge in [-0.2, -0.15) is 0 Å².